The highest BCUT2D eigenvalue weighted by molar-refractivity contribution is 5.97. The van der Waals surface area contributed by atoms with Gasteiger partial charge >= 0.3 is 12.4 Å². The second kappa shape index (κ2) is 7.86. The fraction of sp³-hybridized carbons (Fsp3) is 0.125. The van der Waals surface area contributed by atoms with Gasteiger partial charge in [0.1, 0.15) is 6.07 Å². The molecule has 2 aromatic carbocycles. The van der Waals surface area contributed by atoms with Crippen molar-refractivity contribution in [2.24, 2.45) is 15.3 Å². The van der Waals surface area contributed by atoms with Crippen LogP contribution in [0.3, 0.4) is 0 Å². The predicted molar refractivity (Wildman–Crippen MR) is 84.1 cm³/mol. The van der Waals surface area contributed by atoms with Crippen LogP contribution < -0.4 is 5.43 Å². The Morgan fingerprint density at radius 3 is 2.07 bits per heavy atom. The number of nitriles is 1. The lowest BCUT2D eigenvalue weighted by Crippen LogP contribution is -2.05. The third-order valence-electron chi connectivity index (χ3n) is 3.01. The van der Waals surface area contributed by atoms with Gasteiger partial charge in [0.25, 0.3) is 5.84 Å². The molecule has 2 aromatic rings. The van der Waals surface area contributed by atoms with Crippen molar-refractivity contribution in [3.63, 3.8) is 0 Å². The Bertz CT molecular complexity index is 908. The molecule has 0 saturated carbocycles. The van der Waals surface area contributed by atoms with E-state index in [-0.39, 0.29) is 11.4 Å². The summed E-state index contributed by atoms with van der Waals surface area (Å²) >= 11 is 0. The molecule has 27 heavy (non-hydrogen) atoms. The van der Waals surface area contributed by atoms with Crippen molar-refractivity contribution >= 4 is 17.2 Å². The van der Waals surface area contributed by atoms with E-state index in [2.05, 4.69) is 20.8 Å². The smallest absolute Gasteiger partial charge is 0.276 e. The van der Waals surface area contributed by atoms with Gasteiger partial charge in [-0.15, -0.1) is 15.3 Å². The third-order valence-corrected chi connectivity index (χ3v) is 3.01. The molecular formula is C16H9F6N5. The van der Waals surface area contributed by atoms with Gasteiger partial charge in [-0.05, 0) is 36.4 Å². The summed E-state index contributed by atoms with van der Waals surface area (Å²) in [6, 6.07) is 9.45. The summed E-state index contributed by atoms with van der Waals surface area (Å²) in [6.07, 6.45) is -9.12. The predicted octanol–water partition coefficient (Wildman–Crippen LogP) is 5.76. The SMILES string of the molecule is N#C/C(N=Nc1cccc(C(F)(F)F)c1)=N/Nc1cccc(C(F)(F)F)c1. The van der Waals surface area contributed by atoms with E-state index in [4.69, 9.17) is 5.26 Å². The summed E-state index contributed by atoms with van der Waals surface area (Å²) in [5.74, 6) is -0.593. The molecule has 0 fully saturated rings. The Labute approximate surface area is 148 Å². The van der Waals surface area contributed by atoms with Crippen LogP contribution in [0.1, 0.15) is 11.1 Å². The largest absolute Gasteiger partial charge is 0.416 e. The first-order valence-electron chi connectivity index (χ1n) is 7.09. The van der Waals surface area contributed by atoms with Crippen molar-refractivity contribution in [2.75, 3.05) is 5.43 Å². The van der Waals surface area contributed by atoms with E-state index in [1.807, 2.05) is 0 Å². The van der Waals surface area contributed by atoms with Crippen LogP contribution in [0, 0.1) is 11.3 Å². The van der Waals surface area contributed by atoms with Crippen LogP contribution in [-0.4, -0.2) is 5.84 Å². The zero-order valence-corrected chi connectivity index (χ0v) is 13.2. The fourth-order valence-electron chi connectivity index (χ4n) is 1.80. The lowest BCUT2D eigenvalue weighted by molar-refractivity contribution is -0.138. The number of hydrogen-bond donors (Lipinski definition) is 1. The molecule has 1 N–H and O–H groups in total. The lowest BCUT2D eigenvalue weighted by atomic mass is 10.2. The molecule has 0 aliphatic heterocycles. The maximum Gasteiger partial charge on any atom is 0.416 e. The Balaban J connectivity index is 2.16. The average Bonchev–Trinajstić information content (AvgIpc) is 2.61. The number of hydrogen-bond acceptors (Lipinski definition) is 4. The van der Waals surface area contributed by atoms with Crippen molar-refractivity contribution in [1.82, 2.24) is 0 Å². The number of nitrogens with zero attached hydrogens (tertiary/aromatic N) is 4. The van der Waals surface area contributed by atoms with Crippen molar-refractivity contribution in [3.05, 3.63) is 59.7 Å². The van der Waals surface area contributed by atoms with Gasteiger partial charge in [-0.25, -0.2) is 0 Å². The molecule has 2 rings (SSSR count). The van der Waals surface area contributed by atoms with E-state index in [1.54, 1.807) is 0 Å². The van der Waals surface area contributed by atoms with E-state index in [0.29, 0.717) is 0 Å². The molecule has 140 valence electrons. The van der Waals surface area contributed by atoms with E-state index in [0.717, 1.165) is 36.4 Å². The summed E-state index contributed by atoms with van der Waals surface area (Å²) in [5, 5.41) is 19.2. The summed E-state index contributed by atoms with van der Waals surface area (Å²) in [4.78, 5) is 0. The maximum atomic E-state index is 12.6. The third kappa shape index (κ3) is 5.81. The second-order valence-electron chi connectivity index (χ2n) is 4.99. The molecule has 0 saturated heterocycles. The monoisotopic (exact) mass is 385 g/mol. The second-order valence-corrected chi connectivity index (χ2v) is 4.99. The van der Waals surface area contributed by atoms with Crippen LogP contribution in [0.4, 0.5) is 37.7 Å². The van der Waals surface area contributed by atoms with Crippen molar-refractivity contribution in [2.45, 2.75) is 12.4 Å². The van der Waals surface area contributed by atoms with E-state index < -0.39 is 29.3 Å². The van der Waals surface area contributed by atoms with E-state index in [1.165, 1.54) is 18.2 Å². The molecule has 0 aliphatic rings. The number of benzene rings is 2. The number of rotatable bonds is 3. The zero-order chi connectivity index (χ0) is 20.1. The molecule has 0 amide bonds. The lowest BCUT2D eigenvalue weighted by Gasteiger charge is -2.07. The normalized spacial score (nSPS) is 12.9. The van der Waals surface area contributed by atoms with Gasteiger partial charge in [-0.3, -0.25) is 5.43 Å². The van der Waals surface area contributed by atoms with Gasteiger partial charge in [-0.2, -0.15) is 31.6 Å². The van der Waals surface area contributed by atoms with Crippen LogP contribution in [0.15, 0.2) is 63.9 Å². The molecule has 0 aromatic heterocycles. The van der Waals surface area contributed by atoms with Crippen LogP contribution in [0.2, 0.25) is 0 Å². The van der Waals surface area contributed by atoms with Crippen LogP contribution in [0.5, 0.6) is 0 Å². The number of anilines is 1. The van der Waals surface area contributed by atoms with E-state index >= 15 is 0 Å². The molecule has 0 heterocycles. The van der Waals surface area contributed by atoms with Crippen LogP contribution >= 0.6 is 0 Å². The highest BCUT2D eigenvalue weighted by Crippen LogP contribution is 2.32. The number of halogens is 6. The van der Waals surface area contributed by atoms with Gasteiger partial charge in [0, 0.05) is 0 Å². The molecule has 0 spiro atoms. The topological polar surface area (TPSA) is 72.9 Å². The van der Waals surface area contributed by atoms with Crippen molar-refractivity contribution < 1.29 is 26.3 Å². The highest BCUT2D eigenvalue weighted by atomic mass is 19.4. The minimum absolute atomic E-state index is 0.0631. The average molecular weight is 385 g/mol. The molecule has 5 nitrogen and oxygen atoms in total. The first-order chi connectivity index (χ1) is 12.6. The number of amidine groups is 1. The van der Waals surface area contributed by atoms with Gasteiger partial charge in [0.05, 0.1) is 22.5 Å². The summed E-state index contributed by atoms with van der Waals surface area (Å²) < 4.78 is 75.7. The fourth-order valence-corrected chi connectivity index (χ4v) is 1.80. The van der Waals surface area contributed by atoms with Crippen LogP contribution in [0.25, 0.3) is 0 Å². The van der Waals surface area contributed by atoms with Gasteiger partial charge in [0.2, 0.25) is 0 Å². The summed E-state index contributed by atoms with van der Waals surface area (Å²) in [7, 11) is 0. The van der Waals surface area contributed by atoms with Gasteiger partial charge in [0.15, 0.2) is 0 Å². The van der Waals surface area contributed by atoms with Crippen molar-refractivity contribution in [3.8, 4) is 6.07 Å². The number of nitrogens with one attached hydrogen (secondary N) is 1. The minimum atomic E-state index is -4.57. The molecular weight excluding hydrogens is 376 g/mol. The molecule has 0 unspecified atom stereocenters. The Hall–Kier alpha value is -3.42. The highest BCUT2D eigenvalue weighted by Gasteiger charge is 2.31. The zero-order valence-electron chi connectivity index (χ0n) is 13.2. The Morgan fingerprint density at radius 1 is 0.889 bits per heavy atom. The summed E-state index contributed by atoms with van der Waals surface area (Å²) in [6.45, 7) is 0. The van der Waals surface area contributed by atoms with Gasteiger partial charge in [-0.1, -0.05) is 12.1 Å². The van der Waals surface area contributed by atoms with Crippen LogP contribution in [-0.2, 0) is 12.4 Å². The first-order valence-corrected chi connectivity index (χ1v) is 7.09. The Morgan fingerprint density at radius 2 is 1.48 bits per heavy atom. The molecule has 0 radical (unpaired) electrons. The van der Waals surface area contributed by atoms with E-state index in [9.17, 15) is 26.3 Å². The quantitative estimate of drug-likeness (QED) is 0.240. The first kappa shape index (κ1) is 19.9. The molecule has 11 heteroatoms. The summed E-state index contributed by atoms with van der Waals surface area (Å²) in [5.41, 5.74) is 0.102. The van der Waals surface area contributed by atoms with Gasteiger partial charge < -0.3 is 0 Å². The van der Waals surface area contributed by atoms with Crippen molar-refractivity contribution in [1.29, 1.82) is 5.26 Å². The number of azo groups is 1. The molecule has 0 aliphatic carbocycles. The molecule has 0 bridgehead atoms. The standard InChI is InChI=1S/C16H9F6N5/c17-15(18,19)10-3-1-5-12(7-10)24-26-14(9-23)27-25-13-6-2-4-11(8-13)16(20,21)22/h1-8,24H/b26-14-,27-25?. The minimum Gasteiger partial charge on any atom is -0.276 e. The number of hydrazone groups is 1. The Kier molecular flexibility index (Phi) is 5.79. The molecule has 0 atom stereocenters. The number of alkyl halides is 6. The maximum absolute atomic E-state index is 12.6.